The van der Waals surface area contributed by atoms with E-state index in [1.54, 1.807) is 7.11 Å². The van der Waals surface area contributed by atoms with Crippen LogP contribution in [-0.4, -0.2) is 61.4 Å². The quantitative estimate of drug-likeness (QED) is 0.713. The van der Waals surface area contributed by atoms with Gasteiger partial charge in [-0.25, -0.2) is 0 Å². The van der Waals surface area contributed by atoms with Crippen molar-refractivity contribution in [1.82, 2.24) is 9.80 Å². The predicted octanol–water partition coefficient (Wildman–Crippen LogP) is 2.49. The molecule has 1 aromatic carbocycles. The van der Waals surface area contributed by atoms with E-state index < -0.39 is 5.41 Å². The van der Waals surface area contributed by atoms with Crippen molar-refractivity contribution in [3.05, 3.63) is 29.8 Å². The largest absolute Gasteiger partial charge is 0.497 e. The summed E-state index contributed by atoms with van der Waals surface area (Å²) in [6.07, 6.45) is 2.69. The number of carbonyl (C=O) groups is 2. The number of hydrogen-bond donors (Lipinski definition) is 1. The summed E-state index contributed by atoms with van der Waals surface area (Å²) in [6, 6.07) is 7.81. The molecule has 0 atom stereocenters. The van der Waals surface area contributed by atoms with E-state index in [1.165, 1.54) is 0 Å². The first-order valence-electron chi connectivity index (χ1n) is 9.89. The van der Waals surface area contributed by atoms with Crippen LogP contribution in [0.4, 0.5) is 0 Å². The Morgan fingerprint density at radius 3 is 2.04 bits per heavy atom. The molecule has 158 valence electrons. The average molecular weight is 412 g/mol. The Hall–Kier alpha value is -1.79. The summed E-state index contributed by atoms with van der Waals surface area (Å²) >= 11 is 0. The molecule has 1 saturated heterocycles. The fourth-order valence-electron chi connectivity index (χ4n) is 3.62. The Balaban J connectivity index is 0.00000392. The summed E-state index contributed by atoms with van der Waals surface area (Å²) < 4.78 is 5.15. The van der Waals surface area contributed by atoms with Crippen LogP contribution in [0.1, 0.15) is 38.7 Å². The minimum atomic E-state index is -0.458. The number of amides is 2. The van der Waals surface area contributed by atoms with Crippen LogP contribution < -0.4 is 10.5 Å². The van der Waals surface area contributed by atoms with Crippen LogP contribution >= 0.6 is 12.4 Å². The molecule has 0 unspecified atom stereocenters. The van der Waals surface area contributed by atoms with Gasteiger partial charge in [0.1, 0.15) is 5.75 Å². The highest BCUT2D eigenvalue weighted by Crippen LogP contribution is 2.28. The molecule has 1 fully saturated rings. The Kier molecular flexibility index (Phi) is 9.76. The van der Waals surface area contributed by atoms with Crippen LogP contribution in [0.2, 0.25) is 0 Å². The fourth-order valence-corrected chi connectivity index (χ4v) is 3.62. The van der Waals surface area contributed by atoms with Crippen molar-refractivity contribution in [3.8, 4) is 5.75 Å². The maximum absolute atomic E-state index is 12.9. The third-order valence-electron chi connectivity index (χ3n) is 5.90. The van der Waals surface area contributed by atoms with Gasteiger partial charge in [0.15, 0.2) is 0 Å². The summed E-state index contributed by atoms with van der Waals surface area (Å²) in [7, 11) is 1.64. The lowest BCUT2D eigenvalue weighted by Gasteiger charge is -2.40. The molecule has 0 aromatic heterocycles. The Labute approximate surface area is 174 Å². The molecule has 1 aliphatic rings. The number of nitrogens with two attached hydrogens (primary N) is 1. The molecule has 28 heavy (non-hydrogen) atoms. The summed E-state index contributed by atoms with van der Waals surface area (Å²) in [4.78, 5) is 29.2. The Morgan fingerprint density at radius 2 is 1.57 bits per heavy atom. The number of carbonyl (C=O) groups excluding carboxylic acids is 2. The van der Waals surface area contributed by atoms with Gasteiger partial charge >= 0.3 is 0 Å². The molecule has 0 bridgehead atoms. The number of methoxy groups -OCH3 is 1. The molecule has 1 heterocycles. The molecular formula is C21H34ClN3O3. The SMILES string of the molecule is CCC(CC)(CN)C(=O)N1CCN(C(=O)CCc2ccc(OC)cc2)CC1.Cl. The minimum Gasteiger partial charge on any atom is -0.497 e. The highest BCUT2D eigenvalue weighted by molar-refractivity contribution is 5.85. The number of benzene rings is 1. The second-order valence-corrected chi connectivity index (χ2v) is 7.21. The van der Waals surface area contributed by atoms with Crippen LogP contribution in [0, 0.1) is 5.41 Å². The Bertz CT molecular complexity index is 616. The normalized spacial score (nSPS) is 14.4. The zero-order valence-corrected chi connectivity index (χ0v) is 18.1. The average Bonchev–Trinajstić information content (AvgIpc) is 2.74. The number of halogens is 1. The van der Waals surface area contributed by atoms with Gasteiger partial charge in [0.2, 0.25) is 11.8 Å². The highest BCUT2D eigenvalue weighted by Gasteiger charge is 2.38. The van der Waals surface area contributed by atoms with Gasteiger partial charge in [-0.2, -0.15) is 0 Å². The van der Waals surface area contributed by atoms with E-state index in [1.807, 2.05) is 47.9 Å². The second kappa shape index (κ2) is 11.3. The van der Waals surface area contributed by atoms with Crippen molar-refractivity contribution < 1.29 is 14.3 Å². The van der Waals surface area contributed by atoms with Crippen molar-refractivity contribution in [2.24, 2.45) is 11.1 Å². The smallest absolute Gasteiger partial charge is 0.230 e. The molecule has 0 aliphatic carbocycles. The topological polar surface area (TPSA) is 75.9 Å². The number of hydrogen-bond acceptors (Lipinski definition) is 4. The van der Waals surface area contributed by atoms with Crippen molar-refractivity contribution >= 4 is 24.2 Å². The van der Waals surface area contributed by atoms with E-state index in [0.717, 1.165) is 24.2 Å². The number of rotatable bonds is 8. The fraction of sp³-hybridized carbons (Fsp3) is 0.619. The molecule has 2 amide bonds. The minimum absolute atomic E-state index is 0. The first kappa shape index (κ1) is 24.2. The van der Waals surface area contributed by atoms with Gasteiger partial charge < -0.3 is 20.3 Å². The number of nitrogens with zero attached hydrogens (tertiary/aromatic N) is 2. The van der Waals surface area contributed by atoms with Crippen LogP contribution in [0.3, 0.4) is 0 Å². The number of ether oxygens (including phenoxy) is 1. The van der Waals surface area contributed by atoms with Gasteiger partial charge in [-0.15, -0.1) is 12.4 Å². The molecule has 0 radical (unpaired) electrons. The molecule has 1 aromatic rings. The van der Waals surface area contributed by atoms with Crippen LogP contribution in [0.25, 0.3) is 0 Å². The molecular weight excluding hydrogens is 378 g/mol. The predicted molar refractivity (Wildman–Crippen MR) is 114 cm³/mol. The lowest BCUT2D eigenvalue weighted by molar-refractivity contribution is -0.147. The van der Waals surface area contributed by atoms with Crippen LogP contribution in [-0.2, 0) is 16.0 Å². The van der Waals surface area contributed by atoms with Crippen molar-refractivity contribution in [2.45, 2.75) is 39.5 Å². The van der Waals surface area contributed by atoms with Gasteiger partial charge in [-0.3, -0.25) is 9.59 Å². The second-order valence-electron chi connectivity index (χ2n) is 7.21. The molecule has 2 N–H and O–H groups in total. The summed E-state index contributed by atoms with van der Waals surface area (Å²) in [6.45, 7) is 6.80. The van der Waals surface area contributed by atoms with Crippen molar-refractivity contribution in [2.75, 3.05) is 39.8 Å². The highest BCUT2D eigenvalue weighted by atomic mass is 35.5. The molecule has 6 nitrogen and oxygen atoms in total. The van der Waals surface area contributed by atoms with E-state index in [4.69, 9.17) is 10.5 Å². The summed E-state index contributed by atoms with van der Waals surface area (Å²) in [5.74, 6) is 1.10. The molecule has 2 rings (SSSR count). The molecule has 0 saturated carbocycles. The summed E-state index contributed by atoms with van der Waals surface area (Å²) in [5.41, 5.74) is 6.57. The van der Waals surface area contributed by atoms with Gasteiger partial charge in [0.05, 0.1) is 12.5 Å². The van der Waals surface area contributed by atoms with Gasteiger partial charge in [-0.1, -0.05) is 26.0 Å². The van der Waals surface area contributed by atoms with Gasteiger partial charge in [-0.05, 0) is 37.0 Å². The molecule has 7 heteroatoms. The van der Waals surface area contributed by atoms with E-state index in [-0.39, 0.29) is 24.2 Å². The van der Waals surface area contributed by atoms with E-state index in [9.17, 15) is 9.59 Å². The lowest BCUT2D eigenvalue weighted by Crippen LogP contribution is -2.55. The number of piperazine rings is 1. The third-order valence-corrected chi connectivity index (χ3v) is 5.90. The van der Waals surface area contributed by atoms with E-state index >= 15 is 0 Å². The Morgan fingerprint density at radius 1 is 1.04 bits per heavy atom. The van der Waals surface area contributed by atoms with Gasteiger partial charge in [0.25, 0.3) is 0 Å². The third kappa shape index (κ3) is 5.61. The van der Waals surface area contributed by atoms with Gasteiger partial charge in [0, 0.05) is 39.1 Å². The zero-order valence-electron chi connectivity index (χ0n) is 17.3. The first-order valence-corrected chi connectivity index (χ1v) is 9.89. The van der Waals surface area contributed by atoms with Crippen LogP contribution in [0.15, 0.2) is 24.3 Å². The van der Waals surface area contributed by atoms with Crippen LogP contribution in [0.5, 0.6) is 5.75 Å². The molecule has 1 aliphatic heterocycles. The number of aryl methyl sites for hydroxylation is 1. The van der Waals surface area contributed by atoms with E-state index in [0.29, 0.717) is 45.6 Å². The molecule has 0 spiro atoms. The van der Waals surface area contributed by atoms with E-state index in [2.05, 4.69) is 0 Å². The standard InChI is InChI=1S/C21H33N3O3.ClH/c1-4-21(5-2,16-22)20(26)24-14-12-23(13-15-24)19(25)11-8-17-6-9-18(27-3)10-7-17;/h6-7,9-10H,4-5,8,11-16,22H2,1-3H3;1H. The maximum atomic E-state index is 12.9. The maximum Gasteiger partial charge on any atom is 0.230 e. The van der Waals surface area contributed by atoms with Crippen molar-refractivity contribution in [3.63, 3.8) is 0 Å². The lowest BCUT2D eigenvalue weighted by atomic mass is 9.81. The summed E-state index contributed by atoms with van der Waals surface area (Å²) in [5, 5.41) is 0. The first-order chi connectivity index (χ1) is 13.0. The van der Waals surface area contributed by atoms with Crippen molar-refractivity contribution in [1.29, 1.82) is 0 Å². The monoisotopic (exact) mass is 411 g/mol. The zero-order chi connectivity index (χ0) is 19.9.